The largest absolute Gasteiger partial charge is 0.368 e. The summed E-state index contributed by atoms with van der Waals surface area (Å²) in [6, 6.07) is 8.13. The summed E-state index contributed by atoms with van der Waals surface area (Å²) in [4.78, 5) is 16.5. The van der Waals surface area contributed by atoms with Crippen LogP contribution in [0.15, 0.2) is 35.1 Å². The van der Waals surface area contributed by atoms with Gasteiger partial charge in [-0.1, -0.05) is 17.3 Å². The van der Waals surface area contributed by atoms with Crippen LogP contribution in [0.5, 0.6) is 0 Å². The monoisotopic (exact) mass is 299 g/mol. The van der Waals surface area contributed by atoms with Crippen molar-refractivity contribution in [3.63, 3.8) is 0 Å². The van der Waals surface area contributed by atoms with Gasteiger partial charge in [0.2, 0.25) is 5.91 Å². The fourth-order valence-corrected chi connectivity index (χ4v) is 2.87. The second-order valence-electron chi connectivity index (χ2n) is 5.75. The predicted octanol–water partition coefficient (Wildman–Crippen LogP) is 2.18. The first-order valence-corrected chi connectivity index (χ1v) is 7.63. The van der Waals surface area contributed by atoms with E-state index in [1.807, 2.05) is 4.90 Å². The zero-order valence-corrected chi connectivity index (χ0v) is 13.1. The fourth-order valence-electron chi connectivity index (χ4n) is 2.87. The zero-order valence-electron chi connectivity index (χ0n) is 13.1. The van der Waals surface area contributed by atoms with Crippen molar-refractivity contribution in [3.05, 3.63) is 47.3 Å². The molecule has 116 valence electrons. The number of nitrogens with zero attached hydrogens (tertiary/aromatic N) is 3. The van der Waals surface area contributed by atoms with E-state index in [2.05, 4.69) is 42.1 Å². The van der Waals surface area contributed by atoms with Crippen LogP contribution in [-0.4, -0.2) is 42.1 Å². The minimum absolute atomic E-state index is 0.120. The van der Waals surface area contributed by atoms with Gasteiger partial charge in [-0.15, -0.1) is 0 Å². The molecule has 1 aliphatic rings. The lowest BCUT2D eigenvalue weighted by Gasteiger charge is -2.37. The van der Waals surface area contributed by atoms with Gasteiger partial charge in [-0.25, -0.2) is 0 Å². The number of amides is 1. The fraction of sp³-hybridized carbons (Fsp3) is 0.412. The van der Waals surface area contributed by atoms with Crippen molar-refractivity contribution < 1.29 is 9.32 Å². The zero-order chi connectivity index (χ0) is 15.5. The van der Waals surface area contributed by atoms with Crippen LogP contribution in [0.25, 0.3) is 0 Å². The van der Waals surface area contributed by atoms with Crippen LogP contribution in [0.2, 0.25) is 0 Å². The van der Waals surface area contributed by atoms with E-state index in [0.29, 0.717) is 12.1 Å². The maximum absolute atomic E-state index is 12.3. The molecule has 0 saturated carbocycles. The highest BCUT2D eigenvalue weighted by Crippen LogP contribution is 2.23. The van der Waals surface area contributed by atoms with E-state index in [-0.39, 0.29) is 5.91 Å². The minimum Gasteiger partial charge on any atom is -0.368 e. The van der Waals surface area contributed by atoms with Crippen LogP contribution in [0.1, 0.15) is 16.8 Å². The lowest BCUT2D eigenvalue weighted by Crippen LogP contribution is -2.49. The van der Waals surface area contributed by atoms with Crippen molar-refractivity contribution in [2.24, 2.45) is 0 Å². The van der Waals surface area contributed by atoms with Gasteiger partial charge in [0.1, 0.15) is 6.26 Å². The molecule has 1 fully saturated rings. The molecule has 1 aromatic heterocycles. The van der Waals surface area contributed by atoms with Gasteiger partial charge in [-0.2, -0.15) is 0 Å². The highest BCUT2D eigenvalue weighted by Gasteiger charge is 2.22. The maximum Gasteiger partial charge on any atom is 0.228 e. The van der Waals surface area contributed by atoms with Crippen molar-refractivity contribution in [2.45, 2.75) is 20.3 Å². The van der Waals surface area contributed by atoms with Gasteiger partial charge in [-0.05, 0) is 31.0 Å². The Morgan fingerprint density at radius 2 is 1.95 bits per heavy atom. The van der Waals surface area contributed by atoms with Crippen LogP contribution in [0, 0.1) is 13.8 Å². The Kier molecular flexibility index (Phi) is 4.13. The topological polar surface area (TPSA) is 49.6 Å². The van der Waals surface area contributed by atoms with E-state index in [1.165, 1.54) is 23.1 Å². The van der Waals surface area contributed by atoms with Crippen LogP contribution >= 0.6 is 0 Å². The molecule has 3 rings (SSSR count). The summed E-state index contributed by atoms with van der Waals surface area (Å²) in [5, 5.41) is 3.80. The molecule has 1 aliphatic heterocycles. The van der Waals surface area contributed by atoms with Gasteiger partial charge in [0.05, 0.1) is 12.1 Å². The van der Waals surface area contributed by atoms with Crippen molar-refractivity contribution in [2.75, 3.05) is 31.1 Å². The lowest BCUT2D eigenvalue weighted by molar-refractivity contribution is -0.130. The molecule has 0 aliphatic carbocycles. The predicted molar refractivity (Wildman–Crippen MR) is 84.9 cm³/mol. The van der Waals surface area contributed by atoms with Crippen LogP contribution in [0.4, 0.5) is 5.69 Å². The third kappa shape index (κ3) is 2.98. The molecule has 0 N–H and O–H groups in total. The van der Waals surface area contributed by atoms with Gasteiger partial charge in [0.15, 0.2) is 0 Å². The molecule has 5 nitrogen and oxygen atoms in total. The maximum atomic E-state index is 12.3. The highest BCUT2D eigenvalue weighted by atomic mass is 16.5. The van der Waals surface area contributed by atoms with Gasteiger partial charge in [0.25, 0.3) is 0 Å². The number of anilines is 1. The quantitative estimate of drug-likeness (QED) is 0.871. The molecular formula is C17H21N3O2. The molecule has 0 radical (unpaired) electrons. The Morgan fingerprint density at radius 3 is 2.64 bits per heavy atom. The molecular weight excluding hydrogens is 278 g/mol. The summed E-state index contributed by atoms with van der Waals surface area (Å²) in [5.41, 5.74) is 4.61. The number of aryl methyl sites for hydroxylation is 1. The standard InChI is InChI=1S/C17H21N3O2/c1-13-4-3-5-16(14(13)2)19-7-9-20(10-8-19)17(21)12-15-6-11-22-18-15/h3-6,11H,7-10,12H2,1-2H3. The second-order valence-corrected chi connectivity index (χ2v) is 5.75. The Labute approximate surface area is 130 Å². The second kappa shape index (κ2) is 6.22. The van der Waals surface area contributed by atoms with E-state index in [0.717, 1.165) is 26.2 Å². The van der Waals surface area contributed by atoms with E-state index in [1.54, 1.807) is 6.07 Å². The Bertz CT molecular complexity index is 644. The van der Waals surface area contributed by atoms with Crippen molar-refractivity contribution in [1.82, 2.24) is 10.1 Å². The van der Waals surface area contributed by atoms with Gasteiger partial charge in [-0.3, -0.25) is 4.79 Å². The molecule has 22 heavy (non-hydrogen) atoms. The van der Waals surface area contributed by atoms with Crippen LogP contribution in [0.3, 0.4) is 0 Å². The first-order chi connectivity index (χ1) is 10.6. The van der Waals surface area contributed by atoms with Crippen molar-refractivity contribution in [1.29, 1.82) is 0 Å². The Morgan fingerprint density at radius 1 is 1.18 bits per heavy atom. The third-order valence-corrected chi connectivity index (χ3v) is 4.37. The average Bonchev–Trinajstić information content (AvgIpc) is 3.03. The Balaban J connectivity index is 1.60. The molecule has 1 saturated heterocycles. The lowest BCUT2D eigenvalue weighted by atomic mass is 10.1. The summed E-state index contributed by atoms with van der Waals surface area (Å²) >= 11 is 0. The average molecular weight is 299 g/mol. The highest BCUT2D eigenvalue weighted by molar-refractivity contribution is 5.78. The van der Waals surface area contributed by atoms with Crippen molar-refractivity contribution in [3.8, 4) is 0 Å². The third-order valence-electron chi connectivity index (χ3n) is 4.37. The molecule has 5 heteroatoms. The summed E-state index contributed by atoms with van der Waals surface area (Å²) < 4.78 is 4.77. The number of hydrogen-bond acceptors (Lipinski definition) is 4. The van der Waals surface area contributed by atoms with Gasteiger partial charge in [0, 0.05) is 37.9 Å². The summed E-state index contributed by atoms with van der Waals surface area (Å²) in [5.74, 6) is 0.120. The number of aromatic nitrogens is 1. The SMILES string of the molecule is Cc1cccc(N2CCN(C(=O)Cc3ccon3)CC2)c1C. The first-order valence-electron chi connectivity index (χ1n) is 7.63. The van der Waals surface area contributed by atoms with E-state index < -0.39 is 0 Å². The number of benzene rings is 1. The number of carbonyl (C=O) groups is 1. The molecule has 2 heterocycles. The summed E-state index contributed by atoms with van der Waals surface area (Å²) in [7, 11) is 0. The molecule has 1 amide bonds. The van der Waals surface area contributed by atoms with Crippen molar-refractivity contribution >= 4 is 11.6 Å². The molecule has 2 aromatic rings. The normalized spacial score (nSPS) is 15.2. The number of rotatable bonds is 3. The van der Waals surface area contributed by atoms with Crippen LogP contribution < -0.4 is 4.90 Å². The molecule has 0 unspecified atom stereocenters. The number of hydrogen-bond donors (Lipinski definition) is 0. The molecule has 1 aromatic carbocycles. The minimum atomic E-state index is 0.120. The molecule has 0 bridgehead atoms. The smallest absolute Gasteiger partial charge is 0.228 e. The molecule has 0 atom stereocenters. The molecule has 0 spiro atoms. The first kappa shape index (κ1) is 14.6. The van der Waals surface area contributed by atoms with E-state index in [4.69, 9.17) is 4.52 Å². The van der Waals surface area contributed by atoms with E-state index >= 15 is 0 Å². The Hall–Kier alpha value is -2.30. The summed E-state index contributed by atoms with van der Waals surface area (Å²) in [6.45, 7) is 7.54. The van der Waals surface area contributed by atoms with Crippen LogP contribution in [-0.2, 0) is 11.2 Å². The summed E-state index contributed by atoms with van der Waals surface area (Å²) in [6.07, 6.45) is 1.82. The van der Waals surface area contributed by atoms with E-state index in [9.17, 15) is 4.79 Å². The van der Waals surface area contributed by atoms with Gasteiger partial charge >= 0.3 is 0 Å². The number of carbonyl (C=O) groups excluding carboxylic acids is 1. The number of piperazine rings is 1. The van der Waals surface area contributed by atoms with Gasteiger partial charge < -0.3 is 14.3 Å².